The average Bonchev–Trinajstić information content (AvgIpc) is 2.17. The lowest BCUT2D eigenvalue weighted by Gasteiger charge is -1.95. The lowest BCUT2D eigenvalue weighted by Crippen LogP contribution is -2.03. The number of fused-ring (bicyclic) bond motifs is 1. The van der Waals surface area contributed by atoms with Gasteiger partial charge in [-0.3, -0.25) is 14.9 Å². The van der Waals surface area contributed by atoms with Crippen LogP contribution in [-0.2, 0) is 0 Å². The fourth-order valence-electron chi connectivity index (χ4n) is 1.21. The topological polar surface area (TPSA) is 60.2 Å². The van der Waals surface area contributed by atoms with Crippen LogP contribution >= 0.6 is 11.3 Å². The molecule has 1 aromatic heterocycles. The summed E-state index contributed by atoms with van der Waals surface area (Å²) >= 11 is 0.741. The molecule has 0 saturated heterocycles. The first-order valence-corrected chi connectivity index (χ1v) is 4.77. The van der Waals surface area contributed by atoms with Crippen LogP contribution < -0.4 is 4.74 Å². The van der Waals surface area contributed by atoms with E-state index in [2.05, 4.69) is 0 Å². The van der Waals surface area contributed by atoms with Crippen molar-refractivity contribution in [3.8, 4) is 0 Å². The summed E-state index contributed by atoms with van der Waals surface area (Å²) in [6.07, 6.45) is 0. The minimum atomic E-state index is -0.761. The highest BCUT2D eigenvalue weighted by Gasteiger charge is 2.13. The second-order valence-corrected chi connectivity index (χ2v) is 3.87. The molecule has 0 fully saturated rings. The fourth-order valence-corrected chi connectivity index (χ4v) is 2.02. The Hall–Kier alpha value is -1.82. The lowest BCUT2D eigenvalue weighted by molar-refractivity contribution is -0.385. The van der Waals surface area contributed by atoms with Crippen molar-refractivity contribution < 1.29 is 9.31 Å². The van der Waals surface area contributed by atoms with Gasteiger partial charge in [-0.05, 0) is 18.2 Å². The van der Waals surface area contributed by atoms with Crippen LogP contribution in [0.5, 0.6) is 0 Å². The van der Waals surface area contributed by atoms with Crippen molar-refractivity contribution in [2.45, 2.75) is 0 Å². The van der Waals surface area contributed by atoms with Crippen molar-refractivity contribution in [3.05, 3.63) is 49.7 Å². The highest BCUT2D eigenvalue weighted by molar-refractivity contribution is 7.16. The van der Waals surface area contributed by atoms with Gasteiger partial charge in [0.15, 0.2) is 0 Å². The molecular weight excluding hydrogens is 221 g/mol. The SMILES string of the molecule is O=c1sc2ccc(F)cc2cc1[N+](=O)[O-]. The quantitative estimate of drug-likeness (QED) is 0.552. The summed E-state index contributed by atoms with van der Waals surface area (Å²) in [6.45, 7) is 0. The second-order valence-electron chi connectivity index (χ2n) is 2.86. The fraction of sp³-hybridized carbons (Fsp3) is 0. The summed E-state index contributed by atoms with van der Waals surface area (Å²) in [7, 11) is 0. The molecule has 4 nitrogen and oxygen atoms in total. The minimum Gasteiger partial charge on any atom is -0.270 e. The summed E-state index contributed by atoms with van der Waals surface area (Å²) in [5.41, 5.74) is -0.516. The molecule has 2 rings (SSSR count). The second kappa shape index (κ2) is 3.39. The third-order valence-corrected chi connectivity index (χ3v) is 2.86. The standard InChI is InChI=1S/C9H4FNO3S/c10-6-1-2-8-5(3-6)4-7(11(13)14)9(12)15-8/h1-4H. The van der Waals surface area contributed by atoms with Gasteiger partial charge in [-0.15, -0.1) is 0 Å². The van der Waals surface area contributed by atoms with E-state index in [1.54, 1.807) is 0 Å². The Morgan fingerprint density at radius 3 is 2.73 bits per heavy atom. The third-order valence-electron chi connectivity index (χ3n) is 1.87. The molecule has 0 radical (unpaired) electrons. The number of halogens is 1. The number of nitro groups is 1. The first-order valence-electron chi connectivity index (χ1n) is 3.96. The highest BCUT2D eigenvalue weighted by Crippen LogP contribution is 2.21. The molecule has 2 aromatic rings. The van der Waals surface area contributed by atoms with Crippen LogP contribution in [0.2, 0.25) is 0 Å². The van der Waals surface area contributed by atoms with Crippen molar-refractivity contribution in [1.29, 1.82) is 0 Å². The molecule has 1 aromatic carbocycles. The van der Waals surface area contributed by atoms with Crippen LogP contribution in [0.4, 0.5) is 10.1 Å². The molecular formula is C9H4FNO3S. The Balaban J connectivity index is 2.83. The Labute approximate surface area is 86.7 Å². The smallest absolute Gasteiger partial charge is 0.270 e. The van der Waals surface area contributed by atoms with Gasteiger partial charge in [-0.2, -0.15) is 0 Å². The molecule has 0 aliphatic rings. The van der Waals surface area contributed by atoms with Crippen LogP contribution in [0.25, 0.3) is 10.1 Å². The molecule has 0 aliphatic carbocycles. The van der Waals surface area contributed by atoms with Crippen LogP contribution in [-0.4, -0.2) is 4.92 Å². The molecule has 0 atom stereocenters. The van der Waals surface area contributed by atoms with Gasteiger partial charge in [0.2, 0.25) is 0 Å². The van der Waals surface area contributed by atoms with Crippen molar-refractivity contribution >= 4 is 27.1 Å². The van der Waals surface area contributed by atoms with E-state index in [0.717, 1.165) is 23.5 Å². The minimum absolute atomic E-state index is 0.367. The first-order chi connectivity index (χ1) is 7.08. The van der Waals surface area contributed by atoms with Gasteiger partial charge in [0, 0.05) is 16.2 Å². The first kappa shape index (κ1) is 9.72. The van der Waals surface area contributed by atoms with E-state index in [9.17, 15) is 19.3 Å². The number of rotatable bonds is 1. The van der Waals surface area contributed by atoms with Crippen LogP contribution in [0.15, 0.2) is 29.1 Å². The largest absolute Gasteiger partial charge is 0.327 e. The summed E-state index contributed by atoms with van der Waals surface area (Å²) < 4.78 is 12.7. The van der Waals surface area contributed by atoms with Crippen molar-refractivity contribution in [3.63, 3.8) is 0 Å². The Morgan fingerprint density at radius 2 is 2.07 bits per heavy atom. The van der Waals surface area contributed by atoms with E-state index in [1.807, 2.05) is 0 Å². The van der Waals surface area contributed by atoms with E-state index in [1.165, 1.54) is 12.1 Å². The molecule has 76 valence electrons. The molecule has 0 bridgehead atoms. The number of hydrogen-bond donors (Lipinski definition) is 0. The highest BCUT2D eigenvalue weighted by atomic mass is 32.1. The summed E-state index contributed by atoms with van der Waals surface area (Å²) in [5.74, 6) is -0.484. The maximum Gasteiger partial charge on any atom is 0.327 e. The third kappa shape index (κ3) is 1.71. The molecule has 0 aliphatic heterocycles. The molecule has 0 saturated carbocycles. The Morgan fingerprint density at radius 1 is 1.33 bits per heavy atom. The van der Waals surface area contributed by atoms with E-state index in [4.69, 9.17) is 0 Å². The maximum absolute atomic E-state index is 12.8. The van der Waals surface area contributed by atoms with Gasteiger partial charge < -0.3 is 0 Å². The Bertz CT molecular complexity index is 608. The predicted molar refractivity (Wildman–Crippen MR) is 54.7 cm³/mol. The van der Waals surface area contributed by atoms with Gasteiger partial charge in [0.1, 0.15) is 5.82 Å². The number of benzene rings is 1. The van der Waals surface area contributed by atoms with Gasteiger partial charge in [-0.1, -0.05) is 11.3 Å². The van der Waals surface area contributed by atoms with Crippen LogP contribution in [0, 0.1) is 15.9 Å². The zero-order chi connectivity index (χ0) is 11.0. The summed E-state index contributed by atoms with van der Waals surface area (Å²) in [6, 6.07) is 4.90. The maximum atomic E-state index is 12.8. The van der Waals surface area contributed by atoms with Crippen molar-refractivity contribution in [2.75, 3.05) is 0 Å². The van der Waals surface area contributed by atoms with Crippen LogP contribution in [0.1, 0.15) is 0 Å². The number of hydrogen-bond acceptors (Lipinski definition) is 4. The van der Waals surface area contributed by atoms with Crippen molar-refractivity contribution in [1.82, 2.24) is 0 Å². The van der Waals surface area contributed by atoms with E-state index in [-0.39, 0.29) is 0 Å². The zero-order valence-electron chi connectivity index (χ0n) is 7.27. The normalized spacial score (nSPS) is 10.5. The van der Waals surface area contributed by atoms with Gasteiger partial charge >= 0.3 is 10.4 Å². The molecule has 0 N–H and O–H groups in total. The van der Waals surface area contributed by atoms with Gasteiger partial charge in [0.25, 0.3) is 0 Å². The number of nitrogens with zero attached hydrogens (tertiary/aromatic N) is 1. The van der Waals surface area contributed by atoms with Crippen molar-refractivity contribution in [2.24, 2.45) is 0 Å². The summed E-state index contributed by atoms with van der Waals surface area (Å²) in [5, 5.41) is 10.8. The van der Waals surface area contributed by atoms with E-state index in [0.29, 0.717) is 10.1 Å². The molecule has 15 heavy (non-hydrogen) atoms. The molecule has 6 heteroatoms. The Kier molecular flexibility index (Phi) is 2.20. The average molecular weight is 225 g/mol. The van der Waals surface area contributed by atoms with Gasteiger partial charge in [0.05, 0.1) is 4.92 Å². The van der Waals surface area contributed by atoms with E-state index >= 15 is 0 Å². The molecule has 0 unspecified atom stereocenters. The molecule has 0 amide bonds. The van der Waals surface area contributed by atoms with E-state index < -0.39 is 21.2 Å². The summed E-state index contributed by atoms with van der Waals surface area (Å²) in [4.78, 5) is 21.0. The van der Waals surface area contributed by atoms with Gasteiger partial charge in [-0.25, -0.2) is 4.39 Å². The molecule has 1 heterocycles. The lowest BCUT2D eigenvalue weighted by atomic mass is 10.2. The predicted octanol–water partition coefficient (Wildman–Crippen LogP) is 2.31. The zero-order valence-corrected chi connectivity index (χ0v) is 8.08. The van der Waals surface area contributed by atoms with Crippen LogP contribution in [0.3, 0.4) is 0 Å². The molecule has 0 spiro atoms. The monoisotopic (exact) mass is 225 g/mol.